The SMILES string of the molecule is C.CCCCCC(=O)CCC(=O)N[C@H]1CSSC[C@@H]2NC(=O)[C@H](CCCNC(=N)N)CC(=O)[C@@H]3CCCN3C(=O)[C@H](CC(=O)O)CC(=O)[C@H]([C@@H](C)O)NC(=O)[C@@H](CC1=O)Cc1cn(nn1)CCC[C@@H](C(=O)C[C@@H](Cc1ccc(O)cc1)C(=O)O)NC(=O)[C@H](CCC(N)=O)CC(=O)[C@H](Cc1c[nH]c3ccccc13)NC(=O)[C@H](CCCNC(N)=O)CC2=O. The molecule has 4 bridgehead atoms. The molecule has 2 aromatic carbocycles. The van der Waals surface area contributed by atoms with E-state index in [2.05, 4.69) is 52.5 Å². The van der Waals surface area contributed by atoms with E-state index in [1.807, 2.05) is 6.92 Å². The molecular weight excluding hydrogens is 1610 g/mol. The molecule has 2 aromatic heterocycles. The van der Waals surface area contributed by atoms with Crippen LogP contribution in [0.15, 0.2) is 60.9 Å². The van der Waals surface area contributed by atoms with Crippen molar-refractivity contribution in [2.24, 2.45) is 52.7 Å². The molecule has 7 rings (SSSR count). The number of nitrogens with two attached hydrogens (primary N) is 3. The largest absolute Gasteiger partial charge is 0.508 e. The summed E-state index contributed by atoms with van der Waals surface area (Å²) in [6.45, 7) is 2.70. The zero-order valence-corrected chi connectivity index (χ0v) is 69.1. The zero-order valence-electron chi connectivity index (χ0n) is 67.5. The molecule has 121 heavy (non-hydrogen) atoms. The van der Waals surface area contributed by atoms with Crippen molar-refractivity contribution in [3.05, 3.63) is 77.7 Å². The van der Waals surface area contributed by atoms with Crippen molar-refractivity contribution in [2.45, 2.75) is 237 Å². The fourth-order valence-electron chi connectivity index (χ4n) is 15.0. The molecule has 39 heteroatoms. The van der Waals surface area contributed by atoms with Gasteiger partial charge < -0.3 is 84.7 Å². The number of fused-ring (bicyclic) bond motifs is 12. The van der Waals surface area contributed by atoms with E-state index in [4.69, 9.17) is 22.6 Å². The summed E-state index contributed by atoms with van der Waals surface area (Å²) in [5.74, 6) is -24.9. The van der Waals surface area contributed by atoms with Crippen molar-refractivity contribution >= 4 is 138 Å². The van der Waals surface area contributed by atoms with E-state index >= 15 is 33.6 Å². The number of amides is 9. The van der Waals surface area contributed by atoms with Crippen LogP contribution in [0, 0.1) is 40.9 Å². The highest BCUT2D eigenvalue weighted by Crippen LogP contribution is 2.32. The molecule has 0 aliphatic carbocycles. The van der Waals surface area contributed by atoms with Gasteiger partial charge in [0.2, 0.25) is 41.4 Å². The van der Waals surface area contributed by atoms with E-state index in [1.54, 1.807) is 30.5 Å². The van der Waals surface area contributed by atoms with Crippen molar-refractivity contribution in [1.82, 2.24) is 62.1 Å². The first-order valence-electron chi connectivity index (χ1n) is 40.6. The maximum Gasteiger partial charge on any atom is 0.312 e. The van der Waals surface area contributed by atoms with Gasteiger partial charge in [0.1, 0.15) is 17.6 Å². The topological polar surface area (TPSA) is 607 Å². The Morgan fingerprint density at radius 2 is 1.31 bits per heavy atom. The number of Topliss-reactive ketones (excluding diaryl/α,β-unsaturated/α-hetero) is 7. The van der Waals surface area contributed by atoms with Gasteiger partial charge in [0.15, 0.2) is 40.7 Å². The zero-order chi connectivity index (χ0) is 87.7. The van der Waals surface area contributed by atoms with Crippen LogP contribution >= 0.6 is 21.6 Å². The standard InChI is InChI=1S/C81H112N16O21S2.CH4/c1-3-4-5-14-55(99)24-26-71(108)89-61-43-119-120-44-62-66(103)34-47(13-9-28-87-81(85)118)74(111)91-60(33-53-41-88-58-16-7-6-15-57(53)58)65(102)35-49(21-25-70(82)107)76(113)90-59(64(101)39-52(79(116)117)31-46-19-22-56(100)23-20-46)17-10-29-96-42-54(94-95-96)32-50(37-67(61)104)77(114)93-73(45(2)98)69(106)38-51(40-72(109)110)78(115)97-30-11-18-63(97)68(105)36-48(75(112)92-62)12-8-27-86-80(83)84;/h6-7,15-16,19-20,22-23,41-42,45,47-52,59-63,73,88,98,100H,3-5,8-14,17-18,21,24-40,43-44H2,1-2H3,(H2,82,107)(H,89,108)(H,90,113)(H,91,111)(H,92,112)(H,93,114)(H,109,110)(H,116,117)(H4,83,84,86)(H3,85,87,118);1H4/t45-,47-,48-,49-,50-,51+,52-,59+,60+,61+,62+,63+,73+;/m1./s1. The van der Waals surface area contributed by atoms with Crippen molar-refractivity contribution < 1.29 is 102 Å². The number of phenols is 1. The van der Waals surface area contributed by atoms with Crippen LogP contribution in [-0.4, -0.2) is 225 Å². The van der Waals surface area contributed by atoms with Crippen LogP contribution in [0.1, 0.15) is 186 Å². The summed E-state index contributed by atoms with van der Waals surface area (Å²) in [6, 6.07) is 2.19. The molecule has 9 amide bonds. The first kappa shape index (κ1) is 98.9. The van der Waals surface area contributed by atoms with Gasteiger partial charge >= 0.3 is 18.0 Å². The first-order chi connectivity index (χ1) is 57.2. The van der Waals surface area contributed by atoms with Crippen LogP contribution in [-0.2, 0) is 103 Å². The average molecular weight is 1730 g/mol. The molecule has 0 spiro atoms. The number of guanidine groups is 1. The number of aromatic nitrogens is 4. The third-order valence-corrected chi connectivity index (χ3v) is 24.1. The molecule has 0 saturated carbocycles. The first-order valence-corrected chi connectivity index (χ1v) is 43.1. The molecule has 0 unspecified atom stereocenters. The molecule has 13 atom stereocenters. The number of unbranched alkanes of at least 4 members (excludes halogenated alkanes) is 2. The average Bonchev–Trinajstić information content (AvgIpc) is 1.64. The highest BCUT2D eigenvalue weighted by atomic mass is 33.1. The quantitative estimate of drug-likeness (QED) is 0.0154. The van der Waals surface area contributed by atoms with E-state index in [-0.39, 0.29) is 140 Å². The smallest absolute Gasteiger partial charge is 0.312 e. The number of aliphatic carboxylic acids is 2. The number of aromatic amines is 1. The van der Waals surface area contributed by atoms with Crippen LogP contribution in [0.5, 0.6) is 5.75 Å². The number of H-pyrrole nitrogens is 1. The monoisotopic (exact) mass is 1720 g/mol. The van der Waals surface area contributed by atoms with Crippen LogP contribution in [0.4, 0.5) is 4.79 Å². The fourth-order valence-corrected chi connectivity index (χ4v) is 17.4. The Labute approximate surface area is 708 Å². The molecular formula is C82H116N16O21S2. The number of primary amides is 2. The number of rotatable bonds is 30. The van der Waals surface area contributed by atoms with Gasteiger partial charge in [-0.25, -0.2) is 4.79 Å². The summed E-state index contributed by atoms with van der Waals surface area (Å²) >= 11 is 0. The van der Waals surface area contributed by atoms with E-state index in [0.29, 0.717) is 28.5 Å². The summed E-state index contributed by atoms with van der Waals surface area (Å²) in [7, 11) is 1.83. The third kappa shape index (κ3) is 32.5. The number of aryl methyl sites for hydroxylation is 1. The Balaban J connectivity index is 0.0000227. The van der Waals surface area contributed by atoms with Gasteiger partial charge in [-0.3, -0.25) is 86.8 Å². The lowest BCUT2D eigenvalue weighted by molar-refractivity contribution is -0.148. The summed E-state index contributed by atoms with van der Waals surface area (Å²) in [4.78, 5) is 249. The maximum absolute atomic E-state index is 15.6. The van der Waals surface area contributed by atoms with Crippen LogP contribution in [0.25, 0.3) is 10.9 Å². The molecule has 4 aromatic rings. The Morgan fingerprint density at radius 1 is 0.669 bits per heavy atom. The van der Waals surface area contributed by atoms with Crippen LogP contribution in [0.3, 0.4) is 0 Å². The highest BCUT2D eigenvalue weighted by Gasteiger charge is 2.43. The van der Waals surface area contributed by atoms with Gasteiger partial charge in [0.05, 0.1) is 66.2 Å². The Bertz CT molecular complexity index is 4330. The predicted octanol–water partition coefficient (Wildman–Crippen LogP) is 3.03. The second kappa shape index (κ2) is 49.7. The van der Waals surface area contributed by atoms with Crippen molar-refractivity contribution in [3.63, 3.8) is 0 Å². The Kier molecular flexibility index (Phi) is 40.6. The number of nitrogens with zero attached hydrogens (tertiary/aromatic N) is 4. The van der Waals surface area contributed by atoms with Gasteiger partial charge in [0, 0.05) is 156 Å². The number of aliphatic hydroxyl groups is 1. The Morgan fingerprint density at radius 3 is 1.98 bits per heavy atom. The molecule has 37 nitrogen and oxygen atoms in total. The lowest BCUT2D eigenvalue weighted by Gasteiger charge is -2.30. The summed E-state index contributed by atoms with van der Waals surface area (Å²) in [6.07, 6.45) is -4.84. The maximum atomic E-state index is 15.6. The molecule has 19 N–H and O–H groups in total. The van der Waals surface area contributed by atoms with Gasteiger partial charge in [-0.1, -0.05) is 84.3 Å². The normalized spacial score (nSPS) is 23.2. The minimum absolute atomic E-state index is 0. The number of phenolic OH excluding ortho intramolecular Hbond substituents is 1. The summed E-state index contributed by atoms with van der Waals surface area (Å²) in [5.41, 5.74) is 18.3. The summed E-state index contributed by atoms with van der Waals surface area (Å²) in [5, 5.41) is 77.8. The second-order valence-electron chi connectivity index (χ2n) is 31.1. The number of carbonyl (C=O) groups excluding carboxylic acids is 15. The number of benzene rings is 2. The lowest BCUT2D eigenvalue weighted by atomic mass is 9.88. The number of ketones is 7. The van der Waals surface area contributed by atoms with Crippen molar-refractivity contribution in [1.29, 1.82) is 5.41 Å². The minimum Gasteiger partial charge on any atom is -0.508 e. The second-order valence-corrected chi connectivity index (χ2v) is 33.7. The minimum atomic E-state index is -1.90. The number of nitrogens with one attached hydrogen (secondary N) is 9. The van der Waals surface area contributed by atoms with Crippen molar-refractivity contribution in [2.75, 3.05) is 31.1 Å². The van der Waals surface area contributed by atoms with E-state index < -0.39 is 248 Å². The predicted molar refractivity (Wildman–Crippen MR) is 446 cm³/mol. The van der Waals surface area contributed by atoms with E-state index in [1.165, 1.54) is 35.1 Å². The fraction of sp³-hybridized carbons (Fsp3) is 0.585. The van der Waals surface area contributed by atoms with E-state index in [9.17, 15) is 68.4 Å². The number of carbonyl (C=O) groups is 17. The molecule has 5 heterocycles. The van der Waals surface area contributed by atoms with Gasteiger partial charge in [-0.2, -0.15) is 0 Å². The van der Waals surface area contributed by atoms with Crippen molar-refractivity contribution in [3.8, 4) is 5.75 Å². The molecule has 3 aliphatic heterocycles. The van der Waals surface area contributed by atoms with Gasteiger partial charge in [0.25, 0.3) is 0 Å². The number of aromatic hydroxyl groups is 1. The van der Waals surface area contributed by atoms with E-state index in [0.717, 1.165) is 46.3 Å². The number of para-hydroxylation sites is 1. The number of aliphatic hydroxyl groups excluding tert-OH is 1. The molecule has 2 saturated heterocycles. The molecule has 3 aliphatic rings. The number of carboxylic acid groups (broad SMARTS) is 2. The molecule has 0 radical (unpaired) electrons. The number of carboxylic acids is 2. The number of urea groups is 1. The van der Waals surface area contributed by atoms with Gasteiger partial charge in [-0.05, 0) is 107 Å². The molecule has 2 fully saturated rings. The number of hydrogen-bond acceptors (Lipinski definition) is 24. The molecule has 662 valence electrons. The highest BCUT2D eigenvalue weighted by molar-refractivity contribution is 8.76. The lowest BCUT2D eigenvalue weighted by Crippen LogP contribution is -2.52. The summed E-state index contributed by atoms with van der Waals surface area (Å²) < 4.78 is 1.28. The van der Waals surface area contributed by atoms with Gasteiger partial charge in [-0.15, -0.1) is 5.10 Å². The van der Waals surface area contributed by atoms with Crippen LogP contribution < -0.4 is 54.4 Å². The third-order valence-electron chi connectivity index (χ3n) is 21.7. The van der Waals surface area contributed by atoms with Crippen LogP contribution in [0.2, 0.25) is 0 Å². The Hall–Kier alpha value is -11.0. The number of hydrogen-bond donors (Lipinski definition) is 16.